The molecule has 0 saturated heterocycles. The van der Waals surface area contributed by atoms with Gasteiger partial charge in [-0.2, -0.15) is 4.98 Å². The summed E-state index contributed by atoms with van der Waals surface area (Å²) in [7, 11) is 0. The Balaban J connectivity index is 2.62. The topological polar surface area (TPSA) is 60.2 Å². The monoisotopic (exact) mass is 251 g/mol. The molecule has 0 aliphatic rings. The van der Waals surface area contributed by atoms with Gasteiger partial charge in [-0.1, -0.05) is 34.1 Å². The van der Waals surface area contributed by atoms with Crippen LogP contribution in [0, 0.1) is 11.8 Å². The SMILES string of the molecule is CCC(C)CNc1ccc(N)c(OCC(C)C)n1. The van der Waals surface area contributed by atoms with Crippen molar-refractivity contribution in [1.82, 2.24) is 4.98 Å². The van der Waals surface area contributed by atoms with Crippen molar-refractivity contribution in [2.24, 2.45) is 11.8 Å². The second kappa shape index (κ2) is 7.09. The van der Waals surface area contributed by atoms with Gasteiger partial charge in [-0.05, 0) is 24.0 Å². The molecule has 1 unspecified atom stereocenters. The number of hydrogen-bond acceptors (Lipinski definition) is 4. The zero-order valence-electron chi connectivity index (χ0n) is 11.9. The molecule has 1 aromatic heterocycles. The average molecular weight is 251 g/mol. The highest BCUT2D eigenvalue weighted by Gasteiger charge is 2.06. The third kappa shape index (κ3) is 4.82. The molecule has 1 heterocycles. The number of hydrogen-bond donors (Lipinski definition) is 2. The lowest BCUT2D eigenvalue weighted by Crippen LogP contribution is -2.13. The fraction of sp³-hybridized carbons (Fsp3) is 0.643. The Labute approximate surface area is 110 Å². The predicted octanol–water partition coefficient (Wildman–Crippen LogP) is 3.16. The number of nitrogens with zero attached hydrogens (tertiary/aromatic N) is 1. The molecule has 4 heteroatoms. The Kier molecular flexibility index (Phi) is 5.75. The molecule has 102 valence electrons. The van der Waals surface area contributed by atoms with Crippen LogP contribution in [0.25, 0.3) is 0 Å². The van der Waals surface area contributed by atoms with E-state index < -0.39 is 0 Å². The van der Waals surface area contributed by atoms with Crippen LogP contribution in [0.4, 0.5) is 11.5 Å². The van der Waals surface area contributed by atoms with E-state index in [1.165, 1.54) is 0 Å². The lowest BCUT2D eigenvalue weighted by Gasteiger charge is -2.14. The second-order valence-electron chi connectivity index (χ2n) is 5.19. The molecule has 0 spiro atoms. The molecule has 0 radical (unpaired) electrons. The highest BCUT2D eigenvalue weighted by molar-refractivity contribution is 5.53. The molecule has 0 aliphatic heterocycles. The Morgan fingerprint density at radius 3 is 2.67 bits per heavy atom. The van der Waals surface area contributed by atoms with Crippen LogP contribution in [0.15, 0.2) is 12.1 Å². The van der Waals surface area contributed by atoms with Crippen LogP contribution < -0.4 is 15.8 Å². The molecule has 0 saturated carbocycles. The first-order valence-corrected chi connectivity index (χ1v) is 6.66. The standard InChI is InChI=1S/C14H25N3O/c1-5-11(4)8-16-13-7-6-12(15)14(17-13)18-9-10(2)3/h6-7,10-11H,5,8-9,15H2,1-4H3,(H,16,17). The fourth-order valence-electron chi connectivity index (χ4n) is 1.33. The summed E-state index contributed by atoms with van der Waals surface area (Å²) in [6.07, 6.45) is 1.15. The van der Waals surface area contributed by atoms with Gasteiger partial charge in [-0.3, -0.25) is 0 Å². The van der Waals surface area contributed by atoms with Gasteiger partial charge < -0.3 is 15.8 Å². The molecular formula is C14H25N3O. The third-order valence-corrected chi connectivity index (χ3v) is 2.77. The van der Waals surface area contributed by atoms with Crippen LogP contribution in [0.1, 0.15) is 34.1 Å². The molecule has 4 nitrogen and oxygen atoms in total. The Morgan fingerprint density at radius 1 is 1.33 bits per heavy atom. The minimum Gasteiger partial charge on any atom is -0.476 e. The first kappa shape index (κ1) is 14.6. The predicted molar refractivity (Wildman–Crippen MR) is 76.9 cm³/mol. The van der Waals surface area contributed by atoms with Crippen molar-refractivity contribution >= 4 is 11.5 Å². The summed E-state index contributed by atoms with van der Waals surface area (Å²) < 4.78 is 5.60. The molecule has 0 amide bonds. The van der Waals surface area contributed by atoms with Crippen LogP contribution in [0.3, 0.4) is 0 Å². The summed E-state index contributed by atoms with van der Waals surface area (Å²) in [4.78, 5) is 4.39. The summed E-state index contributed by atoms with van der Waals surface area (Å²) in [6, 6.07) is 3.72. The highest BCUT2D eigenvalue weighted by atomic mass is 16.5. The number of rotatable bonds is 7. The second-order valence-corrected chi connectivity index (χ2v) is 5.19. The largest absolute Gasteiger partial charge is 0.476 e. The molecule has 1 atom stereocenters. The van der Waals surface area contributed by atoms with Crippen molar-refractivity contribution in [2.75, 3.05) is 24.2 Å². The number of ether oxygens (including phenoxy) is 1. The van der Waals surface area contributed by atoms with Crippen LogP contribution in [-0.2, 0) is 0 Å². The average Bonchev–Trinajstić information content (AvgIpc) is 2.35. The number of nitrogen functional groups attached to an aromatic ring is 1. The maximum Gasteiger partial charge on any atom is 0.239 e. The van der Waals surface area contributed by atoms with Gasteiger partial charge in [0.15, 0.2) is 0 Å². The highest BCUT2D eigenvalue weighted by Crippen LogP contribution is 2.21. The minimum absolute atomic E-state index is 0.461. The molecule has 3 N–H and O–H groups in total. The number of nitrogens with two attached hydrogens (primary N) is 1. The first-order chi connectivity index (χ1) is 8.52. The number of nitrogens with one attached hydrogen (secondary N) is 1. The molecular weight excluding hydrogens is 226 g/mol. The van der Waals surface area contributed by atoms with Gasteiger partial charge in [-0.25, -0.2) is 0 Å². The lowest BCUT2D eigenvalue weighted by atomic mass is 10.1. The normalized spacial score (nSPS) is 12.5. The van der Waals surface area contributed by atoms with Gasteiger partial charge in [0, 0.05) is 6.54 Å². The zero-order chi connectivity index (χ0) is 13.5. The van der Waals surface area contributed by atoms with E-state index in [4.69, 9.17) is 10.5 Å². The van der Waals surface area contributed by atoms with Gasteiger partial charge in [-0.15, -0.1) is 0 Å². The van der Waals surface area contributed by atoms with E-state index in [2.05, 4.69) is 38.0 Å². The van der Waals surface area contributed by atoms with Crippen molar-refractivity contribution in [3.05, 3.63) is 12.1 Å². The van der Waals surface area contributed by atoms with Crippen LogP contribution in [-0.4, -0.2) is 18.1 Å². The van der Waals surface area contributed by atoms with Crippen LogP contribution in [0.2, 0.25) is 0 Å². The molecule has 0 aliphatic carbocycles. The van der Waals surface area contributed by atoms with Gasteiger partial charge in [0.05, 0.1) is 12.3 Å². The van der Waals surface area contributed by atoms with Gasteiger partial charge in [0.25, 0.3) is 0 Å². The van der Waals surface area contributed by atoms with Gasteiger partial charge in [0.1, 0.15) is 5.82 Å². The Hall–Kier alpha value is -1.45. The zero-order valence-corrected chi connectivity index (χ0v) is 11.9. The van der Waals surface area contributed by atoms with Crippen molar-refractivity contribution in [3.63, 3.8) is 0 Å². The van der Waals surface area contributed by atoms with E-state index in [-0.39, 0.29) is 0 Å². The molecule has 0 bridgehead atoms. The van der Waals surface area contributed by atoms with Gasteiger partial charge in [0.2, 0.25) is 5.88 Å². The van der Waals surface area contributed by atoms with E-state index in [1.54, 1.807) is 0 Å². The number of aromatic nitrogens is 1. The summed E-state index contributed by atoms with van der Waals surface area (Å²) in [6.45, 7) is 10.1. The Morgan fingerprint density at radius 2 is 2.06 bits per heavy atom. The lowest BCUT2D eigenvalue weighted by molar-refractivity contribution is 0.263. The van der Waals surface area contributed by atoms with Crippen molar-refractivity contribution < 1.29 is 4.74 Å². The van der Waals surface area contributed by atoms with Crippen LogP contribution >= 0.6 is 0 Å². The van der Waals surface area contributed by atoms with Crippen molar-refractivity contribution in [3.8, 4) is 5.88 Å². The minimum atomic E-state index is 0.461. The van der Waals surface area contributed by atoms with Gasteiger partial charge >= 0.3 is 0 Å². The van der Waals surface area contributed by atoms with E-state index in [9.17, 15) is 0 Å². The fourth-order valence-corrected chi connectivity index (χ4v) is 1.33. The third-order valence-electron chi connectivity index (χ3n) is 2.77. The summed E-state index contributed by atoms with van der Waals surface area (Å²) in [5, 5.41) is 3.30. The van der Waals surface area contributed by atoms with E-state index in [0.717, 1.165) is 18.8 Å². The van der Waals surface area contributed by atoms with E-state index in [1.807, 2.05) is 12.1 Å². The number of pyridine rings is 1. The molecule has 1 rings (SSSR count). The molecule has 1 aromatic rings. The molecule has 0 fully saturated rings. The molecule has 18 heavy (non-hydrogen) atoms. The van der Waals surface area contributed by atoms with E-state index >= 15 is 0 Å². The Bertz CT molecular complexity index is 366. The maximum atomic E-state index is 5.84. The van der Waals surface area contributed by atoms with Crippen molar-refractivity contribution in [2.45, 2.75) is 34.1 Å². The summed E-state index contributed by atoms with van der Waals surface area (Å²) >= 11 is 0. The summed E-state index contributed by atoms with van der Waals surface area (Å²) in [5.74, 6) is 2.44. The molecule has 0 aromatic carbocycles. The first-order valence-electron chi connectivity index (χ1n) is 6.66. The maximum absolute atomic E-state index is 5.84. The van der Waals surface area contributed by atoms with E-state index in [0.29, 0.717) is 30.0 Å². The quantitative estimate of drug-likeness (QED) is 0.781. The smallest absolute Gasteiger partial charge is 0.239 e. The van der Waals surface area contributed by atoms with Crippen LogP contribution in [0.5, 0.6) is 5.88 Å². The number of anilines is 2. The summed E-state index contributed by atoms with van der Waals surface area (Å²) in [5.41, 5.74) is 6.43. The van der Waals surface area contributed by atoms with Crippen molar-refractivity contribution in [1.29, 1.82) is 0 Å².